The Labute approximate surface area is 104 Å². The van der Waals surface area contributed by atoms with Crippen molar-refractivity contribution in [2.75, 3.05) is 13.2 Å². The molecule has 0 N–H and O–H groups in total. The number of ether oxygens (including phenoxy) is 2. The Bertz CT molecular complexity index is 352. The lowest BCUT2D eigenvalue weighted by Gasteiger charge is -2.20. The summed E-state index contributed by atoms with van der Waals surface area (Å²) in [7, 11) is 0. The van der Waals surface area contributed by atoms with Gasteiger partial charge in [-0.15, -0.1) is 0 Å². The highest BCUT2D eigenvalue weighted by Gasteiger charge is 2.14. The maximum atomic E-state index is 5.64. The van der Waals surface area contributed by atoms with E-state index in [1.54, 1.807) is 0 Å². The van der Waals surface area contributed by atoms with E-state index in [1.807, 2.05) is 32.9 Å². The van der Waals surface area contributed by atoms with Crippen LogP contribution < -0.4 is 0 Å². The van der Waals surface area contributed by atoms with Gasteiger partial charge in [-0.2, -0.15) is 0 Å². The van der Waals surface area contributed by atoms with Crippen LogP contribution in [0, 0.1) is 0 Å². The van der Waals surface area contributed by atoms with Gasteiger partial charge in [-0.05, 0) is 32.8 Å². The van der Waals surface area contributed by atoms with Crippen LogP contribution in [0.4, 0.5) is 0 Å². The second-order valence-corrected chi connectivity index (χ2v) is 4.08. The molecule has 17 heavy (non-hydrogen) atoms. The summed E-state index contributed by atoms with van der Waals surface area (Å²) < 4.78 is 11.3. The molecule has 2 heteroatoms. The standard InChI is InChI=1S/C15H22O2/c1-5-16-15(17-6-2)14-10-8-7-9-13(14)11-12(3)4/h7-10,15H,3,5-6,11H2,1-2,4H3. The fraction of sp³-hybridized carbons (Fsp3) is 0.467. The Balaban J connectivity index is 2.95. The number of hydrogen-bond donors (Lipinski definition) is 0. The van der Waals surface area contributed by atoms with Crippen LogP contribution in [-0.4, -0.2) is 13.2 Å². The maximum absolute atomic E-state index is 5.64. The zero-order chi connectivity index (χ0) is 12.7. The van der Waals surface area contributed by atoms with Crippen LogP contribution in [0.2, 0.25) is 0 Å². The van der Waals surface area contributed by atoms with E-state index in [2.05, 4.69) is 18.7 Å². The average molecular weight is 234 g/mol. The third-order valence-corrected chi connectivity index (χ3v) is 2.44. The van der Waals surface area contributed by atoms with Crippen molar-refractivity contribution in [3.8, 4) is 0 Å². The van der Waals surface area contributed by atoms with E-state index in [0.717, 1.165) is 17.6 Å². The summed E-state index contributed by atoms with van der Waals surface area (Å²) in [6.07, 6.45) is 0.604. The van der Waals surface area contributed by atoms with Gasteiger partial charge in [-0.25, -0.2) is 0 Å². The van der Waals surface area contributed by atoms with Crippen molar-refractivity contribution in [1.82, 2.24) is 0 Å². The molecule has 0 radical (unpaired) electrons. The molecular weight excluding hydrogens is 212 g/mol. The zero-order valence-electron chi connectivity index (χ0n) is 11.0. The topological polar surface area (TPSA) is 18.5 Å². The lowest BCUT2D eigenvalue weighted by molar-refractivity contribution is -0.140. The summed E-state index contributed by atoms with van der Waals surface area (Å²) in [5, 5.41) is 0. The van der Waals surface area contributed by atoms with Gasteiger partial charge in [0.2, 0.25) is 0 Å². The molecule has 0 bridgehead atoms. The molecule has 1 aromatic rings. The number of allylic oxidation sites excluding steroid dienone is 1. The Morgan fingerprint density at radius 3 is 2.29 bits per heavy atom. The molecule has 0 atom stereocenters. The molecule has 0 saturated carbocycles. The van der Waals surface area contributed by atoms with E-state index in [1.165, 1.54) is 5.56 Å². The fourth-order valence-corrected chi connectivity index (χ4v) is 1.78. The molecule has 0 aromatic heterocycles. The monoisotopic (exact) mass is 234 g/mol. The molecule has 0 fully saturated rings. The maximum Gasteiger partial charge on any atom is 0.184 e. The number of rotatable bonds is 7. The summed E-state index contributed by atoms with van der Waals surface area (Å²) in [5.41, 5.74) is 3.48. The van der Waals surface area contributed by atoms with Crippen LogP contribution >= 0.6 is 0 Å². The molecule has 0 unspecified atom stereocenters. The first-order chi connectivity index (χ1) is 8.19. The minimum atomic E-state index is -0.263. The predicted octanol–water partition coefficient (Wildman–Crippen LogP) is 3.88. The van der Waals surface area contributed by atoms with Gasteiger partial charge >= 0.3 is 0 Å². The van der Waals surface area contributed by atoms with Crippen LogP contribution in [0.1, 0.15) is 38.2 Å². The Hall–Kier alpha value is -1.12. The lowest BCUT2D eigenvalue weighted by atomic mass is 10.0. The van der Waals surface area contributed by atoms with Crippen LogP contribution in [0.25, 0.3) is 0 Å². The minimum Gasteiger partial charge on any atom is -0.349 e. The number of hydrogen-bond acceptors (Lipinski definition) is 2. The van der Waals surface area contributed by atoms with E-state index in [4.69, 9.17) is 9.47 Å². The quantitative estimate of drug-likeness (QED) is 0.526. The van der Waals surface area contributed by atoms with Crippen molar-refractivity contribution in [3.63, 3.8) is 0 Å². The summed E-state index contributed by atoms with van der Waals surface area (Å²) >= 11 is 0. The largest absolute Gasteiger partial charge is 0.349 e. The third-order valence-electron chi connectivity index (χ3n) is 2.44. The zero-order valence-corrected chi connectivity index (χ0v) is 11.0. The van der Waals surface area contributed by atoms with Crippen LogP contribution in [-0.2, 0) is 15.9 Å². The van der Waals surface area contributed by atoms with Crippen molar-refractivity contribution in [2.45, 2.75) is 33.5 Å². The normalized spacial score (nSPS) is 10.8. The molecule has 2 nitrogen and oxygen atoms in total. The first-order valence-corrected chi connectivity index (χ1v) is 6.14. The van der Waals surface area contributed by atoms with Crippen molar-refractivity contribution in [1.29, 1.82) is 0 Å². The van der Waals surface area contributed by atoms with Crippen molar-refractivity contribution >= 4 is 0 Å². The van der Waals surface area contributed by atoms with Crippen LogP contribution in [0.3, 0.4) is 0 Å². The Morgan fingerprint density at radius 2 is 1.76 bits per heavy atom. The molecule has 1 rings (SSSR count). The Kier molecular flexibility index (Phi) is 5.95. The van der Waals surface area contributed by atoms with Crippen molar-refractivity contribution < 1.29 is 9.47 Å². The van der Waals surface area contributed by atoms with E-state index >= 15 is 0 Å². The lowest BCUT2D eigenvalue weighted by Crippen LogP contribution is -2.11. The summed E-state index contributed by atoms with van der Waals surface area (Å²) in [4.78, 5) is 0. The average Bonchev–Trinajstić information content (AvgIpc) is 2.29. The first kappa shape index (κ1) is 13.9. The minimum absolute atomic E-state index is 0.263. The van der Waals surface area contributed by atoms with Gasteiger partial charge in [0.15, 0.2) is 6.29 Å². The smallest absolute Gasteiger partial charge is 0.184 e. The molecule has 94 valence electrons. The van der Waals surface area contributed by atoms with Gasteiger partial charge in [0.25, 0.3) is 0 Å². The molecular formula is C15H22O2. The van der Waals surface area contributed by atoms with Crippen LogP contribution in [0.5, 0.6) is 0 Å². The van der Waals surface area contributed by atoms with Gasteiger partial charge in [-0.1, -0.05) is 36.4 Å². The molecule has 0 amide bonds. The van der Waals surface area contributed by atoms with E-state index < -0.39 is 0 Å². The number of benzene rings is 1. The van der Waals surface area contributed by atoms with Gasteiger partial charge in [0.05, 0.1) is 0 Å². The van der Waals surface area contributed by atoms with Crippen LogP contribution in [0.15, 0.2) is 36.4 Å². The molecule has 0 heterocycles. The van der Waals surface area contributed by atoms with Gasteiger partial charge in [0.1, 0.15) is 0 Å². The molecule has 0 aliphatic heterocycles. The second kappa shape index (κ2) is 7.25. The van der Waals surface area contributed by atoms with E-state index in [-0.39, 0.29) is 6.29 Å². The SMILES string of the molecule is C=C(C)Cc1ccccc1C(OCC)OCC. The van der Waals surface area contributed by atoms with Gasteiger partial charge in [0, 0.05) is 18.8 Å². The van der Waals surface area contributed by atoms with E-state index in [0.29, 0.717) is 13.2 Å². The fourth-order valence-electron chi connectivity index (χ4n) is 1.78. The van der Waals surface area contributed by atoms with Crippen molar-refractivity contribution in [3.05, 3.63) is 47.5 Å². The summed E-state index contributed by atoms with van der Waals surface area (Å²) in [5.74, 6) is 0. The van der Waals surface area contributed by atoms with Gasteiger partial charge in [-0.3, -0.25) is 0 Å². The predicted molar refractivity (Wildman–Crippen MR) is 71.0 cm³/mol. The molecule has 0 aliphatic carbocycles. The summed E-state index contributed by atoms with van der Waals surface area (Å²) in [6.45, 7) is 11.2. The van der Waals surface area contributed by atoms with E-state index in [9.17, 15) is 0 Å². The molecule has 1 aromatic carbocycles. The highest BCUT2D eigenvalue weighted by Crippen LogP contribution is 2.24. The third kappa shape index (κ3) is 4.33. The molecule has 0 spiro atoms. The highest BCUT2D eigenvalue weighted by atomic mass is 16.7. The Morgan fingerprint density at radius 1 is 1.18 bits per heavy atom. The second-order valence-electron chi connectivity index (χ2n) is 4.08. The van der Waals surface area contributed by atoms with Crippen molar-refractivity contribution in [2.24, 2.45) is 0 Å². The van der Waals surface area contributed by atoms with Gasteiger partial charge < -0.3 is 9.47 Å². The highest BCUT2D eigenvalue weighted by molar-refractivity contribution is 5.31. The molecule has 0 aliphatic rings. The molecule has 0 saturated heterocycles. The summed E-state index contributed by atoms with van der Waals surface area (Å²) in [6, 6.07) is 8.22. The first-order valence-electron chi connectivity index (χ1n) is 6.14.